The average Bonchev–Trinajstić information content (AvgIpc) is 2.79. The van der Waals surface area contributed by atoms with Crippen LogP contribution < -0.4 is 28.7 Å². The molecule has 0 aromatic heterocycles. The summed E-state index contributed by atoms with van der Waals surface area (Å²) in [6.07, 6.45) is -13.9. The first kappa shape index (κ1) is 27.0. The fraction of sp³-hybridized carbons (Fsp3) is 1.00. The Bertz CT molecular complexity index is 585. The van der Waals surface area contributed by atoms with Crippen molar-refractivity contribution in [2.75, 3.05) is 13.2 Å². The van der Waals surface area contributed by atoms with E-state index >= 15 is 0 Å². The number of hydrogen-bond donors (Lipinski definition) is 11. The third-order valence-corrected chi connectivity index (χ3v) is 6.56. The molecule has 0 amide bonds. The highest BCUT2D eigenvalue weighted by Crippen LogP contribution is 2.30. The molecule has 3 fully saturated rings. The summed E-state index contributed by atoms with van der Waals surface area (Å²) < 4.78 is 22.5. The first-order chi connectivity index (χ1) is 15.5. The quantitative estimate of drug-likeness (QED) is 0.167. The second-order valence-electron chi connectivity index (χ2n) is 8.88. The van der Waals surface area contributed by atoms with Crippen LogP contribution in [-0.2, 0) is 18.9 Å². The average molecular weight is 484 g/mol. The number of hydrogen-bond acceptors (Lipinski definition) is 15. The molecule has 16 N–H and O–H groups in total. The number of ether oxygens (including phenoxy) is 4. The van der Waals surface area contributed by atoms with E-state index in [1.54, 1.807) is 0 Å². The van der Waals surface area contributed by atoms with E-state index in [-0.39, 0.29) is 13.0 Å². The number of aliphatic hydroxyl groups excluding tert-OH is 6. The van der Waals surface area contributed by atoms with E-state index in [1.807, 2.05) is 0 Å². The minimum Gasteiger partial charge on any atom is -0.394 e. The Balaban J connectivity index is 1.72. The maximum atomic E-state index is 11.0. The highest BCUT2D eigenvalue weighted by molar-refractivity contribution is 5.01. The van der Waals surface area contributed by atoms with Crippen LogP contribution in [0.15, 0.2) is 0 Å². The molecule has 0 spiro atoms. The predicted octanol–water partition coefficient (Wildman–Crippen LogP) is -7.33. The number of nitrogens with two attached hydrogens (primary N) is 5. The van der Waals surface area contributed by atoms with Crippen LogP contribution in [0.5, 0.6) is 0 Å². The largest absolute Gasteiger partial charge is 0.394 e. The first-order valence-corrected chi connectivity index (χ1v) is 10.9. The van der Waals surface area contributed by atoms with Crippen molar-refractivity contribution in [2.24, 2.45) is 28.7 Å². The van der Waals surface area contributed by atoms with Crippen LogP contribution in [0.25, 0.3) is 0 Å². The van der Waals surface area contributed by atoms with Gasteiger partial charge >= 0.3 is 0 Å². The van der Waals surface area contributed by atoms with E-state index in [2.05, 4.69) is 0 Å². The summed E-state index contributed by atoms with van der Waals surface area (Å²) in [5.74, 6) is 0. The Labute approximate surface area is 190 Å². The SMILES string of the molecule is NC[C@H]1O[C@H](O[C@H]2[C@H](O)[C@@H](O[C@@H]3O[C@H](CO)[C@@H](O)[C@H](N)[C@H]3O)[C@H](N)C[C@@H]2N)[C@@H](N)[C@@H](O)[C@@H]1O. The summed E-state index contributed by atoms with van der Waals surface area (Å²) in [6.45, 7) is -0.694. The van der Waals surface area contributed by atoms with Crippen molar-refractivity contribution >= 4 is 0 Å². The third-order valence-electron chi connectivity index (χ3n) is 6.56. The Morgan fingerprint density at radius 1 is 0.667 bits per heavy atom. The Morgan fingerprint density at radius 3 is 1.76 bits per heavy atom. The van der Waals surface area contributed by atoms with E-state index < -0.39 is 98.3 Å². The van der Waals surface area contributed by atoms with Crippen molar-refractivity contribution < 1.29 is 49.6 Å². The van der Waals surface area contributed by atoms with Gasteiger partial charge in [0.1, 0.15) is 54.9 Å². The topological polar surface area (TPSA) is 288 Å². The molecule has 0 aromatic carbocycles. The minimum absolute atomic E-state index is 0.115. The molecule has 15 atom stereocenters. The number of aliphatic hydroxyl groups is 6. The highest BCUT2D eigenvalue weighted by Gasteiger charge is 2.51. The lowest BCUT2D eigenvalue weighted by Crippen LogP contribution is -2.69. The van der Waals surface area contributed by atoms with Crippen molar-refractivity contribution in [3.8, 4) is 0 Å². The summed E-state index contributed by atoms with van der Waals surface area (Å²) in [6, 6.07) is -3.92. The van der Waals surface area contributed by atoms with Gasteiger partial charge in [-0.3, -0.25) is 0 Å². The monoisotopic (exact) mass is 483 g/mol. The molecule has 15 nitrogen and oxygen atoms in total. The standard InChI is InChI=1S/C18H37N5O10/c19-2-6-11(26)12(27)9(23)17(30-6)32-15-4(20)1-5(21)16(14(15)29)33-18-13(28)8(22)10(25)7(3-24)31-18/h4-18,24-29H,1-3,19-23H2/t4-,5+,6+,7+,8-,9-,10+,11+,12+,13+,14-,15+,16-,17+,18-/m0/s1. The van der Waals surface area contributed by atoms with Crippen molar-refractivity contribution in [3.63, 3.8) is 0 Å². The fourth-order valence-corrected chi connectivity index (χ4v) is 4.45. The zero-order chi connectivity index (χ0) is 24.6. The van der Waals surface area contributed by atoms with Gasteiger partial charge < -0.3 is 78.3 Å². The normalized spacial score (nSPS) is 53.7. The van der Waals surface area contributed by atoms with E-state index in [4.69, 9.17) is 47.6 Å². The Morgan fingerprint density at radius 2 is 1.21 bits per heavy atom. The van der Waals surface area contributed by atoms with Gasteiger partial charge in [0.25, 0.3) is 0 Å². The first-order valence-electron chi connectivity index (χ1n) is 10.9. The van der Waals surface area contributed by atoms with Crippen molar-refractivity contribution in [1.29, 1.82) is 0 Å². The van der Waals surface area contributed by atoms with Gasteiger partial charge in [-0.2, -0.15) is 0 Å². The molecule has 2 saturated heterocycles. The van der Waals surface area contributed by atoms with E-state index in [0.717, 1.165) is 0 Å². The zero-order valence-corrected chi connectivity index (χ0v) is 18.0. The number of rotatable bonds is 6. The Hall–Kier alpha value is -0.600. The molecule has 3 aliphatic rings. The smallest absolute Gasteiger partial charge is 0.186 e. The highest BCUT2D eigenvalue weighted by atomic mass is 16.7. The molecule has 2 aliphatic heterocycles. The fourth-order valence-electron chi connectivity index (χ4n) is 4.45. The second kappa shape index (κ2) is 11.0. The maximum absolute atomic E-state index is 11.0. The molecule has 0 aromatic rings. The third kappa shape index (κ3) is 5.32. The van der Waals surface area contributed by atoms with E-state index in [0.29, 0.717) is 0 Å². The molecule has 2 heterocycles. The molecule has 1 aliphatic carbocycles. The van der Waals surface area contributed by atoms with Crippen LogP contribution >= 0.6 is 0 Å². The van der Waals surface area contributed by atoms with Crippen molar-refractivity contribution in [3.05, 3.63) is 0 Å². The summed E-state index contributed by atoms with van der Waals surface area (Å²) >= 11 is 0. The van der Waals surface area contributed by atoms with E-state index in [9.17, 15) is 30.6 Å². The van der Waals surface area contributed by atoms with Gasteiger partial charge in [0.15, 0.2) is 12.6 Å². The van der Waals surface area contributed by atoms with Crippen LogP contribution in [0.4, 0.5) is 0 Å². The molecule has 33 heavy (non-hydrogen) atoms. The van der Waals surface area contributed by atoms with Crippen LogP contribution in [-0.4, -0.2) is 135 Å². The molecule has 1 saturated carbocycles. The van der Waals surface area contributed by atoms with Crippen LogP contribution in [0.1, 0.15) is 6.42 Å². The van der Waals surface area contributed by atoms with E-state index in [1.165, 1.54) is 0 Å². The minimum atomic E-state index is -1.48. The van der Waals surface area contributed by atoms with Gasteiger partial charge in [0.05, 0.1) is 18.7 Å². The van der Waals surface area contributed by atoms with Crippen LogP contribution in [0.3, 0.4) is 0 Å². The molecule has 194 valence electrons. The lowest BCUT2D eigenvalue weighted by molar-refractivity contribution is -0.318. The molecular formula is C18H37N5O10. The van der Waals surface area contributed by atoms with Crippen LogP contribution in [0.2, 0.25) is 0 Å². The van der Waals surface area contributed by atoms with Gasteiger partial charge in [-0.25, -0.2) is 0 Å². The second-order valence-corrected chi connectivity index (χ2v) is 8.88. The Kier molecular flexibility index (Phi) is 8.99. The van der Waals surface area contributed by atoms with Crippen molar-refractivity contribution in [2.45, 2.75) is 98.1 Å². The summed E-state index contributed by atoms with van der Waals surface area (Å²) in [5.41, 5.74) is 29.6. The molecule has 0 bridgehead atoms. The van der Waals surface area contributed by atoms with Gasteiger partial charge in [0.2, 0.25) is 0 Å². The lowest BCUT2D eigenvalue weighted by atomic mass is 9.84. The molecule has 0 radical (unpaired) electrons. The van der Waals surface area contributed by atoms with Gasteiger partial charge in [0, 0.05) is 18.6 Å². The van der Waals surface area contributed by atoms with Crippen LogP contribution in [0, 0.1) is 0 Å². The molecule has 15 heteroatoms. The van der Waals surface area contributed by atoms with Gasteiger partial charge in [-0.1, -0.05) is 0 Å². The summed E-state index contributed by atoms with van der Waals surface area (Å²) in [5, 5.41) is 60.9. The maximum Gasteiger partial charge on any atom is 0.186 e. The zero-order valence-electron chi connectivity index (χ0n) is 18.0. The van der Waals surface area contributed by atoms with Crippen molar-refractivity contribution in [1.82, 2.24) is 0 Å². The molecule has 0 unspecified atom stereocenters. The molecular weight excluding hydrogens is 446 g/mol. The lowest BCUT2D eigenvalue weighted by Gasteiger charge is -2.48. The summed E-state index contributed by atoms with van der Waals surface area (Å²) in [7, 11) is 0. The van der Waals surface area contributed by atoms with Gasteiger partial charge in [-0.15, -0.1) is 0 Å². The molecule has 3 rings (SSSR count). The summed E-state index contributed by atoms with van der Waals surface area (Å²) in [4.78, 5) is 0. The predicted molar refractivity (Wildman–Crippen MR) is 110 cm³/mol. The van der Waals surface area contributed by atoms with Gasteiger partial charge in [-0.05, 0) is 6.42 Å².